The number of fused-ring (bicyclic) bond motifs is 1. The molecular weight excluding hydrogens is 393 g/mol. The number of nitrogens with zero attached hydrogens (tertiary/aromatic N) is 1. The van der Waals surface area contributed by atoms with Crippen molar-refractivity contribution in [2.45, 2.75) is 25.7 Å². The number of allylic oxidation sites excluding steroid dienone is 1. The number of aryl methyl sites for hydroxylation is 1. The van der Waals surface area contributed by atoms with Crippen molar-refractivity contribution in [3.63, 3.8) is 0 Å². The SMILES string of the molecule is C=CCCCC[c-]1[o+]cc2cccnc2[c]1=[Pt]. The second-order valence-corrected chi connectivity index (χ2v) is 5.05. The zero-order valence-electron chi connectivity index (χ0n) is 9.59. The van der Waals surface area contributed by atoms with Crippen LogP contribution in [0.3, 0.4) is 0 Å². The topological polar surface area (TPSA) is 24.2 Å². The Labute approximate surface area is 112 Å². The Hall–Kier alpha value is -1.01. The molecule has 3 heteroatoms. The van der Waals surface area contributed by atoms with E-state index in [-0.39, 0.29) is 0 Å². The standard InChI is InChI=1S/C14H15NO.Pt/c1-2-3-4-5-8-13-10-14-12(11-16-13)7-6-9-15-14;/h2,6-7,9,11H,1,3-5,8H2;. The summed E-state index contributed by atoms with van der Waals surface area (Å²) in [5.74, 6) is 1.04. The molecule has 2 aromatic rings. The molecule has 2 heterocycles. The van der Waals surface area contributed by atoms with Crippen LogP contribution in [-0.4, -0.2) is 4.98 Å². The van der Waals surface area contributed by atoms with Gasteiger partial charge < -0.3 is 0 Å². The van der Waals surface area contributed by atoms with E-state index in [0.717, 1.165) is 45.9 Å². The number of pyridine rings is 1. The second-order valence-electron chi connectivity index (χ2n) is 3.92. The summed E-state index contributed by atoms with van der Waals surface area (Å²) >= 11 is 2.31. The third-order valence-electron chi connectivity index (χ3n) is 2.65. The van der Waals surface area contributed by atoms with Crippen LogP contribution in [0, 0.1) is 3.54 Å². The first-order valence-electron chi connectivity index (χ1n) is 5.74. The molecule has 2 aromatic heterocycles. The summed E-state index contributed by atoms with van der Waals surface area (Å²) in [5.41, 5.74) is 1.04. The summed E-state index contributed by atoms with van der Waals surface area (Å²) < 4.78 is 6.82. The van der Waals surface area contributed by atoms with Gasteiger partial charge in [0.15, 0.2) is 0 Å². The van der Waals surface area contributed by atoms with Crippen molar-refractivity contribution in [1.82, 2.24) is 4.98 Å². The number of rotatable bonds is 5. The van der Waals surface area contributed by atoms with E-state index in [1.165, 1.54) is 0 Å². The van der Waals surface area contributed by atoms with Gasteiger partial charge in [0.1, 0.15) is 0 Å². The molecule has 0 atom stereocenters. The van der Waals surface area contributed by atoms with E-state index in [9.17, 15) is 0 Å². The van der Waals surface area contributed by atoms with Gasteiger partial charge >= 0.3 is 112 Å². The van der Waals surface area contributed by atoms with Gasteiger partial charge in [0, 0.05) is 0 Å². The zero-order chi connectivity index (χ0) is 12.1. The van der Waals surface area contributed by atoms with E-state index < -0.39 is 0 Å². The average Bonchev–Trinajstić information content (AvgIpc) is 2.37. The number of hydrogen-bond donors (Lipinski definition) is 0. The minimum absolute atomic E-state index is 0.971. The fourth-order valence-corrected chi connectivity index (χ4v) is 2.63. The molecule has 2 rings (SSSR count). The van der Waals surface area contributed by atoms with Crippen LogP contribution in [0.5, 0.6) is 0 Å². The summed E-state index contributed by atoms with van der Waals surface area (Å²) in [6.07, 6.45) is 9.92. The van der Waals surface area contributed by atoms with Crippen LogP contribution in [0.2, 0.25) is 0 Å². The minimum atomic E-state index is 0.971. The van der Waals surface area contributed by atoms with Crippen LogP contribution in [0.1, 0.15) is 25.0 Å². The van der Waals surface area contributed by atoms with E-state index in [1.54, 1.807) is 6.26 Å². The van der Waals surface area contributed by atoms with E-state index in [2.05, 4.69) is 30.9 Å². The van der Waals surface area contributed by atoms with Crippen LogP contribution in [0.25, 0.3) is 10.9 Å². The summed E-state index contributed by atoms with van der Waals surface area (Å²) in [5, 5.41) is 1.06. The average molecular weight is 408 g/mol. The van der Waals surface area contributed by atoms with Crippen LogP contribution in [0.15, 0.2) is 41.7 Å². The van der Waals surface area contributed by atoms with Crippen LogP contribution < -0.4 is 0 Å². The summed E-state index contributed by atoms with van der Waals surface area (Å²) in [4.78, 5) is 4.40. The molecule has 0 aliphatic heterocycles. The first kappa shape index (κ1) is 12.4. The van der Waals surface area contributed by atoms with E-state index >= 15 is 0 Å². The third kappa shape index (κ3) is 3.01. The molecule has 0 radical (unpaired) electrons. The Morgan fingerprint density at radius 1 is 1.47 bits per heavy atom. The van der Waals surface area contributed by atoms with Gasteiger partial charge in [0.25, 0.3) is 0 Å². The fourth-order valence-electron chi connectivity index (χ4n) is 1.73. The third-order valence-corrected chi connectivity index (χ3v) is 3.82. The first-order chi connectivity index (χ1) is 8.33. The maximum atomic E-state index is 5.68. The van der Waals surface area contributed by atoms with E-state index in [4.69, 9.17) is 4.42 Å². The predicted molar refractivity (Wildman–Crippen MR) is 65.0 cm³/mol. The second kappa shape index (κ2) is 6.07. The molecule has 0 aromatic carbocycles. The monoisotopic (exact) mass is 408 g/mol. The van der Waals surface area contributed by atoms with Gasteiger partial charge in [-0.15, -0.1) is 0 Å². The van der Waals surface area contributed by atoms with Crippen molar-refractivity contribution in [1.29, 1.82) is 0 Å². The van der Waals surface area contributed by atoms with Gasteiger partial charge in [-0.2, -0.15) is 0 Å². The quantitative estimate of drug-likeness (QED) is 0.325. The molecule has 0 saturated carbocycles. The molecular formula is C14H15NOPt. The molecule has 0 aliphatic rings. The van der Waals surface area contributed by atoms with Gasteiger partial charge in [0.05, 0.1) is 0 Å². The molecule has 0 amide bonds. The van der Waals surface area contributed by atoms with Crippen molar-refractivity contribution in [3.8, 4) is 0 Å². The van der Waals surface area contributed by atoms with Crippen molar-refractivity contribution < 1.29 is 23.8 Å². The predicted octanol–water partition coefficient (Wildman–Crippen LogP) is 3.81. The number of aromatic nitrogens is 1. The number of hydrogen-bond acceptors (Lipinski definition) is 1. The Morgan fingerprint density at radius 2 is 2.35 bits per heavy atom. The normalized spacial score (nSPS) is 10.7. The van der Waals surface area contributed by atoms with Crippen molar-refractivity contribution in [2.24, 2.45) is 0 Å². The van der Waals surface area contributed by atoms with Gasteiger partial charge in [-0.05, 0) is 0 Å². The van der Waals surface area contributed by atoms with Crippen molar-refractivity contribution >= 4 is 10.9 Å². The molecule has 0 aliphatic carbocycles. The molecule has 0 fully saturated rings. The maximum absolute atomic E-state index is 5.68. The summed E-state index contributed by atoms with van der Waals surface area (Å²) in [7, 11) is 0. The van der Waals surface area contributed by atoms with Crippen molar-refractivity contribution in [3.05, 3.63) is 46.6 Å². The summed E-state index contributed by atoms with van der Waals surface area (Å²) in [6, 6.07) is 3.95. The summed E-state index contributed by atoms with van der Waals surface area (Å²) in [6.45, 7) is 3.73. The van der Waals surface area contributed by atoms with Gasteiger partial charge in [0.2, 0.25) is 0 Å². The Kier molecular flexibility index (Phi) is 4.44. The Bertz CT molecular complexity index is 574. The first-order valence-corrected chi connectivity index (χ1v) is 6.88. The number of unbranched alkanes of at least 4 members (excludes halogenated alkanes) is 2. The molecule has 0 saturated heterocycles. The van der Waals surface area contributed by atoms with Crippen LogP contribution >= 0.6 is 0 Å². The van der Waals surface area contributed by atoms with Gasteiger partial charge in [-0.1, -0.05) is 0 Å². The zero-order valence-corrected chi connectivity index (χ0v) is 11.9. The van der Waals surface area contributed by atoms with Crippen LogP contribution in [-0.2, 0) is 25.8 Å². The van der Waals surface area contributed by atoms with Gasteiger partial charge in [-0.25, -0.2) is 0 Å². The van der Waals surface area contributed by atoms with E-state index in [1.807, 2.05) is 24.4 Å². The Balaban J connectivity index is 2.21. The molecule has 0 N–H and O–H groups in total. The molecule has 92 valence electrons. The van der Waals surface area contributed by atoms with Crippen LogP contribution in [0.4, 0.5) is 0 Å². The molecule has 0 spiro atoms. The van der Waals surface area contributed by atoms with Crippen molar-refractivity contribution in [2.75, 3.05) is 0 Å². The molecule has 17 heavy (non-hydrogen) atoms. The van der Waals surface area contributed by atoms with E-state index in [0.29, 0.717) is 0 Å². The molecule has 0 unspecified atom stereocenters. The Morgan fingerprint density at radius 3 is 3.18 bits per heavy atom. The molecule has 2 nitrogen and oxygen atoms in total. The van der Waals surface area contributed by atoms with Gasteiger partial charge in [-0.3, -0.25) is 0 Å². The fraction of sp³-hybridized carbons (Fsp3) is 0.286. The molecule has 0 bridgehead atoms.